The van der Waals surface area contributed by atoms with Crippen LogP contribution in [0.25, 0.3) is 0 Å². The smallest absolute Gasteiger partial charge is 0.331 e. The normalized spacial score (nSPS) is 33.8. The molecule has 7 N–H and O–H groups in total. The van der Waals surface area contributed by atoms with E-state index in [4.69, 9.17) is 9.47 Å². The van der Waals surface area contributed by atoms with Crippen molar-refractivity contribution in [3.63, 3.8) is 0 Å². The van der Waals surface area contributed by atoms with Crippen LogP contribution in [0.3, 0.4) is 0 Å². The minimum absolute atomic E-state index is 0.0146. The largest absolute Gasteiger partial charge is 0.458 e. The molecule has 4 rings (SSSR count). The first kappa shape index (κ1) is 46.4. The second-order valence-electron chi connectivity index (χ2n) is 16.5. The van der Waals surface area contributed by atoms with Gasteiger partial charge in [-0.05, 0) is 84.0 Å². The molecule has 6 amide bonds. The Bertz CT molecular complexity index is 1610. The lowest BCUT2D eigenvalue weighted by molar-refractivity contribution is -0.326. The molecular weight excluding hydrogens is 764 g/mol. The Kier molecular flexibility index (Phi) is 15.0. The quantitative estimate of drug-likeness (QED) is 0.127. The van der Waals surface area contributed by atoms with Gasteiger partial charge in [-0.25, -0.2) is 25.4 Å². The van der Waals surface area contributed by atoms with Crippen molar-refractivity contribution in [2.75, 3.05) is 13.1 Å². The van der Waals surface area contributed by atoms with Crippen molar-refractivity contribution in [1.29, 1.82) is 0 Å². The molecule has 21 heteroatoms. The van der Waals surface area contributed by atoms with Gasteiger partial charge in [0, 0.05) is 19.2 Å². The average Bonchev–Trinajstić information content (AvgIpc) is 3.19. The summed E-state index contributed by atoms with van der Waals surface area (Å²) in [6.07, 6.45) is 0.530. The van der Waals surface area contributed by atoms with Crippen molar-refractivity contribution in [3.05, 3.63) is 0 Å². The Morgan fingerprint density at radius 1 is 0.983 bits per heavy atom. The van der Waals surface area contributed by atoms with E-state index in [0.29, 0.717) is 23.8 Å². The van der Waals surface area contributed by atoms with Gasteiger partial charge in [0.1, 0.15) is 30.3 Å². The third-order valence-corrected chi connectivity index (χ3v) is 11.4. The molecule has 0 spiro atoms. The molecule has 10 atom stereocenters. The zero-order chi connectivity index (χ0) is 43.4. The van der Waals surface area contributed by atoms with E-state index in [2.05, 4.69) is 21.2 Å². The highest BCUT2D eigenvalue weighted by molar-refractivity contribution is 5.97. The van der Waals surface area contributed by atoms with Crippen LogP contribution in [0.5, 0.6) is 0 Å². The van der Waals surface area contributed by atoms with Crippen molar-refractivity contribution in [2.45, 2.75) is 154 Å². The highest BCUT2D eigenvalue weighted by atomic mass is 16.6. The SMILES string of the molecule is CC(C)CC1CCC(O)(C(C)(O)C(=O)NC2C(=O)N3N=CCCC3C(=O)N(O)C(C)C(=O)NCC(=O)N3NCCCC3C(=O)N(O)C(C)C(=O)OC2C(C)C)OC1C. The van der Waals surface area contributed by atoms with Crippen LogP contribution in [-0.4, -0.2) is 155 Å². The Labute approximate surface area is 337 Å². The maximum absolute atomic E-state index is 14.7. The molecular formula is C37H60N8O13. The molecule has 0 aromatic carbocycles. The first-order valence-corrected chi connectivity index (χ1v) is 19.9. The molecule has 4 aliphatic rings. The van der Waals surface area contributed by atoms with Crippen LogP contribution >= 0.6 is 0 Å². The van der Waals surface area contributed by atoms with Gasteiger partial charge in [0.15, 0.2) is 11.6 Å². The Morgan fingerprint density at radius 2 is 1.62 bits per heavy atom. The summed E-state index contributed by atoms with van der Waals surface area (Å²) in [6, 6.07) is -8.23. The molecule has 326 valence electrons. The summed E-state index contributed by atoms with van der Waals surface area (Å²) in [5.74, 6) is -10.7. The number of aliphatic hydroxyl groups is 2. The van der Waals surface area contributed by atoms with Crippen LogP contribution in [0.4, 0.5) is 0 Å². The van der Waals surface area contributed by atoms with Gasteiger partial charge in [-0.1, -0.05) is 27.7 Å². The number of hydrogen-bond acceptors (Lipinski definition) is 15. The van der Waals surface area contributed by atoms with E-state index in [1.807, 2.05) is 13.8 Å². The number of esters is 1. The second-order valence-corrected chi connectivity index (χ2v) is 16.5. The van der Waals surface area contributed by atoms with Crippen LogP contribution in [0.1, 0.15) is 100 Å². The van der Waals surface area contributed by atoms with E-state index in [1.165, 1.54) is 20.1 Å². The summed E-state index contributed by atoms with van der Waals surface area (Å²) >= 11 is 0. The molecule has 0 radical (unpaired) electrons. The molecule has 4 heterocycles. The molecule has 0 saturated carbocycles. The van der Waals surface area contributed by atoms with Gasteiger partial charge < -0.3 is 30.3 Å². The summed E-state index contributed by atoms with van der Waals surface area (Å²) in [7, 11) is 0. The fraction of sp³-hybridized carbons (Fsp3) is 0.784. The molecule has 3 saturated heterocycles. The monoisotopic (exact) mass is 824 g/mol. The zero-order valence-corrected chi connectivity index (χ0v) is 34.4. The molecule has 10 unspecified atom stereocenters. The maximum atomic E-state index is 14.7. The third kappa shape index (κ3) is 9.77. The summed E-state index contributed by atoms with van der Waals surface area (Å²) in [6.45, 7) is 11.7. The van der Waals surface area contributed by atoms with Gasteiger partial charge >= 0.3 is 5.97 Å². The molecule has 0 aromatic heterocycles. The topological polar surface area (TPSA) is 280 Å². The summed E-state index contributed by atoms with van der Waals surface area (Å²) in [5.41, 5.74) is 0.0329. The van der Waals surface area contributed by atoms with Gasteiger partial charge in [-0.2, -0.15) is 5.10 Å². The summed E-state index contributed by atoms with van der Waals surface area (Å²) < 4.78 is 11.7. The third-order valence-electron chi connectivity index (χ3n) is 11.4. The number of nitrogens with zero attached hydrogens (tertiary/aromatic N) is 5. The Balaban J connectivity index is 1.77. The Morgan fingerprint density at radius 3 is 2.24 bits per heavy atom. The van der Waals surface area contributed by atoms with E-state index >= 15 is 0 Å². The number of hydrazone groups is 1. The van der Waals surface area contributed by atoms with Gasteiger partial charge in [-0.3, -0.25) is 44.2 Å². The number of carbonyl (C=O) groups is 7. The number of hydrazine groups is 1. The van der Waals surface area contributed by atoms with Crippen molar-refractivity contribution in [2.24, 2.45) is 22.9 Å². The highest BCUT2D eigenvalue weighted by Crippen LogP contribution is 2.40. The number of amides is 6. The molecule has 4 aliphatic heterocycles. The molecule has 3 fully saturated rings. The maximum Gasteiger partial charge on any atom is 0.331 e. The molecule has 21 nitrogen and oxygen atoms in total. The Hall–Kier alpha value is -4.28. The van der Waals surface area contributed by atoms with Gasteiger partial charge in [0.25, 0.3) is 29.5 Å². The number of cyclic esters (lactones) is 1. The van der Waals surface area contributed by atoms with Crippen molar-refractivity contribution in [1.82, 2.24) is 36.2 Å². The van der Waals surface area contributed by atoms with Crippen molar-refractivity contribution >= 4 is 47.6 Å². The van der Waals surface area contributed by atoms with Crippen molar-refractivity contribution in [3.8, 4) is 0 Å². The fourth-order valence-corrected chi connectivity index (χ4v) is 7.60. The molecule has 58 heavy (non-hydrogen) atoms. The fourth-order valence-electron chi connectivity index (χ4n) is 7.60. The van der Waals surface area contributed by atoms with E-state index in [9.17, 15) is 54.2 Å². The standard InChI is InChI=1S/C37H60N8O13/c1-19(2)17-24-13-14-37(54,58-23(24)7)36(8,53)35(52)41-28-29(20(3)4)57-34(51)22(6)45(56)31(48)25-11-9-15-39-42(25)27(46)18-38-30(47)21(5)44(55)32(49)26-12-10-16-40-43(26)33(28)50/h16,19-26,28-29,39,53-56H,9-15,17-18H2,1-8H3,(H,38,47)(H,41,52). The molecule has 0 aliphatic carbocycles. The number of hydrogen-bond donors (Lipinski definition) is 7. The van der Waals surface area contributed by atoms with Crippen LogP contribution < -0.4 is 16.1 Å². The number of hydroxylamine groups is 4. The van der Waals surface area contributed by atoms with Crippen molar-refractivity contribution < 1.29 is 63.7 Å². The lowest BCUT2D eigenvalue weighted by atomic mass is 9.79. The predicted octanol–water partition coefficient (Wildman–Crippen LogP) is -0.845. The lowest BCUT2D eigenvalue weighted by Crippen LogP contribution is -2.68. The number of fused-ring (bicyclic) bond motifs is 2. The predicted molar refractivity (Wildman–Crippen MR) is 200 cm³/mol. The summed E-state index contributed by atoms with van der Waals surface area (Å²) in [5, 5.41) is 56.0. The van der Waals surface area contributed by atoms with E-state index < -0.39 is 108 Å². The van der Waals surface area contributed by atoms with E-state index in [0.717, 1.165) is 32.2 Å². The first-order valence-electron chi connectivity index (χ1n) is 19.9. The van der Waals surface area contributed by atoms with Gasteiger partial charge in [0.2, 0.25) is 11.7 Å². The first-order chi connectivity index (χ1) is 27.0. The number of ether oxygens (including phenoxy) is 2. The summed E-state index contributed by atoms with van der Waals surface area (Å²) in [4.78, 5) is 96.5. The van der Waals surface area contributed by atoms with E-state index in [-0.39, 0.29) is 48.3 Å². The highest BCUT2D eigenvalue weighted by Gasteiger charge is 2.57. The number of rotatable bonds is 6. The van der Waals surface area contributed by atoms with Crippen LogP contribution in [0.2, 0.25) is 0 Å². The minimum Gasteiger partial charge on any atom is -0.458 e. The average molecular weight is 825 g/mol. The molecule has 0 bridgehead atoms. The van der Waals surface area contributed by atoms with Crippen LogP contribution in [0.15, 0.2) is 5.10 Å². The number of nitrogens with one attached hydrogen (secondary N) is 3. The second kappa shape index (κ2) is 18.8. The lowest BCUT2D eigenvalue weighted by Gasteiger charge is -2.47. The number of carbonyl (C=O) groups excluding carboxylic acids is 7. The van der Waals surface area contributed by atoms with Gasteiger partial charge in [-0.15, -0.1) is 0 Å². The minimum atomic E-state index is -2.72. The van der Waals surface area contributed by atoms with Crippen LogP contribution in [0, 0.1) is 17.8 Å². The van der Waals surface area contributed by atoms with Crippen LogP contribution in [-0.2, 0) is 43.0 Å². The van der Waals surface area contributed by atoms with E-state index in [1.54, 1.807) is 6.92 Å². The zero-order valence-electron chi connectivity index (χ0n) is 34.4. The molecule has 0 aromatic rings. The van der Waals surface area contributed by atoms with Gasteiger partial charge in [0.05, 0.1) is 12.6 Å².